The molecule has 1 saturated heterocycles. The SMILES string of the molecule is CNCc1ccc(N2CCC(C)(C(=O)NC)C2)c(Br)c1. The van der Waals surface area contributed by atoms with Gasteiger partial charge < -0.3 is 15.5 Å². The topological polar surface area (TPSA) is 44.4 Å². The number of nitrogens with zero attached hydrogens (tertiary/aromatic N) is 1. The Bertz CT molecular complexity index is 506. The summed E-state index contributed by atoms with van der Waals surface area (Å²) in [7, 11) is 3.65. The lowest BCUT2D eigenvalue weighted by Gasteiger charge is -2.25. The normalized spacial score (nSPS) is 22.1. The summed E-state index contributed by atoms with van der Waals surface area (Å²) in [5.74, 6) is 0.128. The molecule has 2 rings (SSSR count). The van der Waals surface area contributed by atoms with Crippen molar-refractivity contribution < 1.29 is 4.79 Å². The quantitative estimate of drug-likeness (QED) is 0.883. The smallest absolute Gasteiger partial charge is 0.227 e. The summed E-state index contributed by atoms with van der Waals surface area (Å²) in [6, 6.07) is 6.40. The van der Waals surface area contributed by atoms with Gasteiger partial charge in [0.15, 0.2) is 0 Å². The number of amides is 1. The first-order valence-corrected chi connectivity index (χ1v) is 7.69. The molecule has 0 aliphatic carbocycles. The van der Waals surface area contributed by atoms with Gasteiger partial charge in [0, 0.05) is 31.2 Å². The molecule has 0 bridgehead atoms. The third-order valence-corrected chi connectivity index (χ3v) is 4.62. The van der Waals surface area contributed by atoms with Crippen LogP contribution in [0, 0.1) is 5.41 Å². The highest BCUT2D eigenvalue weighted by Gasteiger charge is 2.40. The Morgan fingerprint density at radius 3 is 2.80 bits per heavy atom. The first-order valence-electron chi connectivity index (χ1n) is 6.90. The minimum atomic E-state index is -0.294. The molecule has 0 radical (unpaired) electrons. The van der Waals surface area contributed by atoms with E-state index in [9.17, 15) is 4.79 Å². The van der Waals surface area contributed by atoms with Gasteiger partial charge >= 0.3 is 0 Å². The van der Waals surface area contributed by atoms with Crippen LogP contribution in [0.4, 0.5) is 5.69 Å². The van der Waals surface area contributed by atoms with Gasteiger partial charge in [-0.2, -0.15) is 0 Å². The molecule has 1 amide bonds. The van der Waals surface area contributed by atoms with Gasteiger partial charge in [-0.05, 0) is 54.0 Å². The lowest BCUT2D eigenvalue weighted by atomic mass is 9.89. The van der Waals surface area contributed by atoms with E-state index in [0.29, 0.717) is 0 Å². The third-order valence-electron chi connectivity index (χ3n) is 3.98. The van der Waals surface area contributed by atoms with Gasteiger partial charge in [0.1, 0.15) is 0 Å². The highest BCUT2D eigenvalue weighted by molar-refractivity contribution is 9.10. The van der Waals surface area contributed by atoms with Crippen LogP contribution in [0.2, 0.25) is 0 Å². The molecule has 1 aliphatic rings. The Labute approximate surface area is 129 Å². The second kappa shape index (κ2) is 6.14. The number of anilines is 1. The fraction of sp³-hybridized carbons (Fsp3) is 0.533. The molecule has 1 heterocycles. The van der Waals surface area contributed by atoms with Gasteiger partial charge in [0.05, 0.1) is 11.1 Å². The van der Waals surface area contributed by atoms with Crippen LogP contribution in [0.5, 0.6) is 0 Å². The van der Waals surface area contributed by atoms with Crippen LogP contribution in [0.1, 0.15) is 18.9 Å². The molecule has 2 N–H and O–H groups in total. The standard InChI is InChI=1S/C15H22BrN3O/c1-15(14(20)18-3)6-7-19(10-15)13-5-4-11(9-17-2)8-12(13)16/h4-5,8,17H,6-7,9-10H2,1-3H3,(H,18,20). The van der Waals surface area contributed by atoms with Crippen molar-refractivity contribution in [2.75, 3.05) is 32.1 Å². The summed E-state index contributed by atoms with van der Waals surface area (Å²) in [6.07, 6.45) is 0.886. The summed E-state index contributed by atoms with van der Waals surface area (Å²) in [6.45, 7) is 4.56. The number of halogens is 1. The Morgan fingerprint density at radius 2 is 2.20 bits per heavy atom. The number of nitrogens with one attached hydrogen (secondary N) is 2. The molecule has 110 valence electrons. The highest BCUT2D eigenvalue weighted by Crippen LogP contribution is 2.36. The number of benzene rings is 1. The van der Waals surface area contributed by atoms with Crippen LogP contribution in [0.15, 0.2) is 22.7 Å². The second-order valence-electron chi connectivity index (χ2n) is 5.63. The summed E-state index contributed by atoms with van der Waals surface area (Å²) in [5, 5.41) is 5.92. The molecule has 1 fully saturated rings. The van der Waals surface area contributed by atoms with Crippen molar-refractivity contribution in [3.8, 4) is 0 Å². The van der Waals surface area contributed by atoms with Gasteiger partial charge in [-0.25, -0.2) is 0 Å². The lowest BCUT2D eigenvalue weighted by molar-refractivity contribution is -0.128. The summed E-state index contributed by atoms with van der Waals surface area (Å²) >= 11 is 3.65. The van der Waals surface area contributed by atoms with Crippen molar-refractivity contribution >= 4 is 27.5 Å². The van der Waals surface area contributed by atoms with E-state index in [1.807, 2.05) is 14.0 Å². The predicted molar refractivity (Wildman–Crippen MR) is 85.9 cm³/mol. The van der Waals surface area contributed by atoms with E-state index in [2.05, 4.69) is 49.7 Å². The summed E-state index contributed by atoms with van der Waals surface area (Å²) in [5.41, 5.74) is 2.12. The molecular formula is C15H22BrN3O. The molecule has 5 heteroatoms. The average molecular weight is 340 g/mol. The predicted octanol–water partition coefficient (Wildman–Crippen LogP) is 2.13. The number of hydrogen-bond acceptors (Lipinski definition) is 3. The average Bonchev–Trinajstić information content (AvgIpc) is 2.82. The molecule has 1 aromatic rings. The monoisotopic (exact) mass is 339 g/mol. The van der Waals surface area contributed by atoms with Crippen molar-refractivity contribution in [3.63, 3.8) is 0 Å². The van der Waals surface area contributed by atoms with Crippen LogP contribution in [-0.2, 0) is 11.3 Å². The van der Waals surface area contributed by atoms with E-state index in [4.69, 9.17) is 0 Å². The minimum absolute atomic E-state index is 0.128. The van der Waals surface area contributed by atoms with Gasteiger partial charge in [-0.3, -0.25) is 4.79 Å². The van der Waals surface area contributed by atoms with Crippen LogP contribution >= 0.6 is 15.9 Å². The Kier molecular flexibility index (Phi) is 4.70. The van der Waals surface area contributed by atoms with Crippen LogP contribution in [-0.4, -0.2) is 33.1 Å². The fourth-order valence-electron chi connectivity index (χ4n) is 2.77. The van der Waals surface area contributed by atoms with E-state index in [1.165, 1.54) is 5.56 Å². The van der Waals surface area contributed by atoms with E-state index in [0.717, 1.165) is 36.2 Å². The first-order chi connectivity index (χ1) is 9.50. The largest absolute Gasteiger partial charge is 0.370 e. The molecule has 20 heavy (non-hydrogen) atoms. The first kappa shape index (κ1) is 15.3. The zero-order valence-corrected chi connectivity index (χ0v) is 13.9. The van der Waals surface area contributed by atoms with Gasteiger partial charge in [-0.15, -0.1) is 0 Å². The van der Waals surface area contributed by atoms with E-state index >= 15 is 0 Å². The van der Waals surface area contributed by atoms with Crippen molar-refractivity contribution in [3.05, 3.63) is 28.2 Å². The van der Waals surface area contributed by atoms with Gasteiger partial charge in [0.25, 0.3) is 0 Å². The van der Waals surface area contributed by atoms with Crippen LogP contribution < -0.4 is 15.5 Å². The molecular weight excluding hydrogens is 318 g/mol. The van der Waals surface area contributed by atoms with Crippen molar-refractivity contribution in [2.24, 2.45) is 5.41 Å². The van der Waals surface area contributed by atoms with Crippen molar-refractivity contribution in [1.82, 2.24) is 10.6 Å². The number of hydrogen-bond donors (Lipinski definition) is 2. The number of carbonyl (C=O) groups excluding carboxylic acids is 1. The number of rotatable bonds is 4. The zero-order chi connectivity index (χ0) is 14.8. The molecule has 0 saturated carbocycles. The Hall–Kier alpha value is -1.07. The Balaban J connectivity index is 2.16. The molecule has 0 aromatic heterocycles. The van der Waals surface area contributed by atoms with Crippen molar-refractivity contribution in [1.29, 1.82) is 0 Å². The molecule has 4 nitrogen and oxygen atoms in total. The van der Waals surface area contributed by atoms with Crippen molar-refractivity contribution in [2.45, 2.75) is 19.9 Å². The molecule has 0 spiro atoms. The molecule has 1 unspecified atom stereocenters. The molecule has 1 aliphatic heterocycles. The molecule has 1 aromatic carbocycles. The van der Waals surface area contributed by atoms with Gasteiger partial charge in [0.2, 0.25) is 5.91 Å². The summed E-state index contributed by atoms with van der Waals surface area (Å²) in [4.78, 5) is 14.3. The summed E-state index contributed by atoms with van der Waals surface area (Å²) < 4.78 is 1.09. The maximum Gasteiger partial charge on any atom is 0.227 e. The van der Waals surface area contributed by atoms with Gasteiger partial charge in [-0.1, -0.05) is 6.07 Å². The number of carbonyl (C=O) groups is 1. The van der Waals surface area contributed by atoms with E-state index in [-0.39, 0.29) is 11.3 Å². The molecule has 1 atom stereocenters. The van der Waals surface area contributed by atoms with E-state index in [1.54, 1.807) is 7.05 Å². The van der Waals surface area contributed by atoms with E-state index < -0.39 is 0 Å². The lowest BCUT2D eigenvalue weighted by Crippen LogP contribution is -2.39. The third kappa shape index (κ3) is 2.99. The highest BCUT2D eigenvalue weighted by atomic mass is 79.9. The van der Waals surface area contributed by atoms with Crippen LogP contribution in [0.25, 0.3) is 0 Å². The maximum absolute atomic E-state index is 12.0. The van der Waals surface area contributed by atoms with Crippen LogP contribution in [0.3, 0.4) is 0 Å². The minimum Gasteiger partial charge on any atom is -0.370 e. The Morgan fingerprint density at radius 1 is 1.45 bits per heavy atom. The fourth-order valence-corrected chi connectivity index (χ4v) is 3.45. The zero-order valence-electron chi connectivity index (χ0n) is 12.3. The second-order valence-corrected chi connectivity index (χ2v) is 6.48. The maximum atomic E-state index is 12.0.